The van der Waals surface area contributed by atoms with E-state index in [4.69, 9.17) is 4.74 Å². The van der Waals surface area contributed by atoms with E-state index >= 15 is 0 Å². The summed E-state index contributed by atoms with van der Waals surface area (Å²) in [6.07, 6.45) is 0.755. The third-order valence-electron chi connectivity index (χ3n) is 4.06. The quantitative estimate of drug-likeness (QED) is 0.632. The number of carbonyl (C=O) groups is 2. The molecule has 2 aromatic carbocycles. The molecule has 6 heteroatoms. The maximum absolute atomic E-state index is 12.4. The molecule has 6 nitrogen and oxygen atoms in total. The van der Waals surface area contributed by atoms with Crippen molar-refractivity contribution < 1.29 is 14.3 Å². The van der Waals surface area contributed by atoms with Crippen LogP contribution in [-0.4, -0.2) is 45.2 Å². The first-order chi connectivity index (χ1) is 13.1. The number of anilines is 2. The molecule has 0 saturated carbocycles. The third kappa shape index (κ3) is 6.75. The summed E-state index contributed by atoms with van der Waals surface area (Å²) in [5.74, 6) is -0.292. The molecule has 0 aliphatic heterocycles. The van der Waals surface area contributed by atoms with Gasteiger partial charge in [0.25, 0.3) is 5.91 Å². The number of methoxy groups -OCH3 is 1. The predicted octanol–water partition coefficient (Wildman–Crippen LogP) is 2.92. The van der Waals surface area contributed by atoms with Crippen LogP contribution in [0.2, 0.25) is 0 Å². The second-order valence-electron chi connectivity index (χ2n) is 6.08. The van der Waals surface area contributed by atoms with Gasteiger partial charge in [-0.3, -0.25) is 9.59 Å². The van der Waals surface area contributed by atoms with Crippen LogP contribution in [0.5, 0.6) is 0 Å². The first-order valence-corrected chi connectivity index (χ1v) is 9.11. The van der Waals surface area contributed by atoms with Gasteiger partial charge in [-0.2, -0.15) is 0 Å². The van der Waals surface area contributed by atoms with Gasteiger partial charge in [0, 0.05) is 43.7 Å². The molecule has 0 aliphatic carbocycles. The molecule has 0 radical (unpaired) electrons. The molecule has 2 rings (SSSR count). The summed E-state index contributed by atoms with van der Waals surface area (Å²) < 4.78 is 4.96. The Morgan fingerprint density at radius 3 is 2.56 bits per heavy atom. The van der Waals surface area contributed by atoms with Crippen LogP contribution in [0.15, 0.2) is 54.6 Å². The lowest BCUT2D eigenvalue weighted by molar-refractivity contribution is -0.115. The minimum atomic E-state index is -0.165. The number of ether oxygens (including phenoxy) is 1. The van der Waals surface area contributed by atoms with Gasteiger partial charge in [0.15, 0.2) is 0 Å². The highest BCUT2D eigenvalue weighted by Crippen LogP contribution is 2.14. The summed E-state index contributed by atoms with van der Waals surface area (Å²) >= 11 is 0. The van der Waals surface area contributed by atoms with Crippen LogP contribution in [0.1, 0.15) is 23.7 Å². The minimum Gasteiger partial charge on any atom is -0.385 e. The number of nitrogens with one attached hydrogen (secondary N) is 2. The number of amides is 2. The van der Waals surface area contributed by atoms with E-state index < -0.39 is 0 Å². The van der Waals surface area contributed by atoms with Gasteiger partial charge in [0.1, 0.15) is 0 Å². The highest BCUT2D eigenvalue weighted by Gasteiger charge is 2.11. The third-order valence-corrected chi connectivity index (χ3v) is 4.06. The maximum atomic E-state index is 12.4. The van der Waals surface area contributed by atoms with E-state index in [1.807, 2.05) is 42.2 Å². The Labute approximate surface area is 160 Å². The summed E-state index contributed by atoms with van der Waals surface area (Å²) in [6.45, 7) is 4.13. The average Bonchev–Trinajstić information content (AvgIpc) is 2.70. The van der Waals surface area contributed by atoms with Gasteiger partial charge in [-0.1, -0.05) is 24.3 Å². The normalized spacial score (nSPS) is 10.3. The van der Waals surface area contributed by atoms with Crippen molar-refractivity contribution in [3.05, 3.63) is 60.2 Å². The number of rotatable bonds is 10. The van der Waals surface area contributed by atoms with Crippen molar-refractivity contribution in [1.29, 1.82) is 0 Å². The summed E-state index contributed by atoms with van der Waals surface area (Å²) in [6, 6.07) is 16.7. The number of hydrogen-bond acceptors (Lipinski definition) is 4. The zero-order valence-electron chi connectivity index (χ0n) is 15.9. The van der Waals surface area contributed by atoms with E-state index in [0.717, 1.165) is 18.7 Å². The van der Waals surface area contributed by atoms with Crippen LogP contribution >= 0.6 is 0 Å². The molecule has 0 saturated heterocycles. The van der Waals surface area contributed by atoms with E-state index in [9.17, 15) is 9.59 Å². The van der Waals surface area contributed by atoms with E-state index in [2.05, 4.69) is 10.6 Å². The van der Waals surface area contributed by atoms with E-state index in [1.165, 1.54) is 0 Å². The molecule has 27 heavy (non-hydrogen) atoms. The molecule has 144 valence electrons. The molecule has 0 aromatic heterocycles. The smallest absolute Gasteiger partial charge is 0.251 e. The Balaban J connectivity index is 1.92. The zero-order chi connectivity index (χ0) is 19.5. The number of carbonyl (C=O) groups excluding carboxylic acids is 2. The van der Waals surface area contributed by atoms with Crippen molar-refractivity contribution in [1.82, 2.24) is 5.32 Å². The van der Waals surface area contributed by atoms with Crippen LogP contribution in [0, 0.1) is 0 Å². The number of para-hydroxylation sites is 1. The lowest BCUT2D eigenvalue weighted by Crippen LogP contribution is -2.33. The second kappa shape index (κ2) is 11.0. The van der Waals surface area contributed by atoms with Crippen LogP contribution in [-0.2, 0) is 9.53 Å². The topological polar surface area (TPSA) is 70.7 Å². The van der Waals surface area contributed by atoms with Crippen molar-refractivity contribution in [3.8, 4) is 0 Å². The van der Waals surface area contributed by atoms with Crippen LogP contribution in [0.25, 0.3) is 0 Å². The molecule has 0 fully saturated rings. The highest BCUT2D eigenvalue weighted by atomic mass is 16.5. The maximum Gasteiger partial charge on any atom is 0.251 e. The van der Waals surface area contributed by atoms with E-state index in [0.29, 0.717) is 24.4 Å². The largest absolute Gasteiger partial charge is 0.385 e. The van der Waals surface area contributed by atoms with Crippen molar-refractivity contribution >= 4 is 23.2 Å². The monoisotopic (exact) mass is 369 g/mol. The molecule has 0 heterocycles. The fraction of sp³-hybridized carbons (Fsp3) is 0.333. The van der Waals surface area contributed by atoms with Gasteiger partial charge in [-0.05, 0) is 43.7 Å². The number of benzene rings is 2. The van der Waals surface area contributed by atoms with Gasteiger partial charge in [0.05, 0.1) is 6.54 Å². The first-order valence-electron chi connectivity index (χ1n) is 9.11. The molecule has 0 unspecified atom stereocenters. The lowest BCUT2D eigenvalue weighted by atomic mass is 10.2. The first kappa shape index (κ1) is 20.5. The molecule has 2 N–H and O–H groups in total. The standard InChI is InChI=1S/C21H27N3O3/c1-3-24(19-11-5-4-6-12-19)16-20(25)23-18-10-7-9-17(15-18)21(26)22-13-8-14-27-2/h4-7,9-12,15H,3,8,13-14,16H2,1-2H3,(H,22,26)(H,23,25). The molecule has 0 bridgehead atoms. The van der Waals surface area contributed by atoms with Gasteiger partial charge >= 0.3 is 0 Å². The van der Waals surface area contributed by atoms with Gasteiger partial charge in [0.2, 0.25) is 5.91 Å². The fourth-order valence-corrected chi connectivity index (χ4v) is 2.66. The Kier molecular flexibility index (Phi) is 8.32. The average molecular weight is 369 g/mol. The summed E-state index contributed by atoms with van der Waals surface area (Å²) in [5.41, 5.74) is 2.12. The zero-order valence-corrected chi connectivity index (χ0v) is 15.9. The molecule has 2 amide bonds. The predicted molar refractivity (Wildman–Crippen MR) is 108 cm³/mol. The van der Waals surface area contributed by atoms with Crippen LogP contribution in [0.4, 0.5) is 11.4 Å². The Morgan fingerprint density at radius 1 is 1.07 bits per heavy atom. The van der Waals surface area contributed by atoms with Crippen molar-refractivity contribution in [2.75, 3.05) is 43.6 Å². The number of hydrogen-bond donors (Lipinski definition) is 2. The summed E-state index contributed by atoms with van der Waals surface area (Å²) in [5, 5.41) is 5.70. The fourth-order valence-electron chi connectivity index (χ4n) is 2.66. The van der Waals surface area contributed by atoms with Crippen molar-refractivity contribution in [2.24, 2.45) is 0 Å². The molecule has 0 spiro atoms. The Bertz CT molecular complexity index is 734. The highest BCUT2D eigenvalue weighted by molar-refractivity contribution is 5.98. The van der Waals surface area contributed by atoms with E-state index in [1.54, 1.807) is 31.4 Å². The number of nitrogens with zero attached hydrogens (tertiary/aromatic N) is 1. The molecular formula is C21H27N3O3. The molecular weight excluding hydrogens is 342 g/mol. The van der Waals surface area contributed by atoms with Crippen molar-refractivity contribution in [2.45, 2.75) is 13.3 Å². The van der Waals surface area contributed by atoms with Crippen LogP contribution < -0.4 is 15.5 Å². The van der Waals surface area contributed by atoms with Crippen LogP contribution in [0.3, 0.4) is 0 Å². The number of likely N-dealkylation sites (N-methyl/N-ethyl adjacent to an activating group) is 1. The van der Waals surface area contributed by atoms with E-state index in [-0.39, 0.29) is 18.4 Å². The van der Waals surface area contributed by atoms with Gasteiger partial charge in [-0.15, -0.1) is 0 Å². The molecule has 0 atom stereocenters. The van der Waals surface area contributed by atoms with Gasteiger partial charge in [-0.25, -0.2) is 0 Å². The summed E-state index contributed by atoms with van der Waals surface area (Å²) in [7, 11) is 1.63. The second-order valence-corrected chi connectivity index (χ2v) is 6.08. The minimum absolute atomic E-state index is 0.127. The Hall–Kier alpha value is -2.86. The SMILES string of the molecule is CCN(CC(=O)Nc1cccc(C(=O)NCCCOC)c1)c1ccccc1. The Morgan fingerprint density at radius 2 is 1.85 bits per heavy atom. The molecule has 0 aliphatic rings. The lowest BCUT2D eigenvalue weighted by Gasteiger charge is -2.22. The molecule has 2 aromatic rings. The van der Waals surface area contributed by atoms with Crippen molar-refractivity contribution in [3.63, 3.8) is 0 Å². The summed E-state index contributed by atoms with van der Waals surface area (Å²) in [4.78, 5) is 26.6. The van der Waals surface area contributed by atoms with Gasteiger partial charge < -0.3 is 20.3 Å².